The van der Waals surface area contributed by atoms with Crippen LogP contribution in [0.4, 0.5) is 5.69 Å². The van der Waals surface area contributed by atoms with Crippen molar-refractivity contribution in [3.8, 4) is 0 Å². The van der Waals surface area contributed by atoms with Crippen molar-refractivity contribution >= 4 is 11.5 Å². The van der Waals surface area contributed by atoms with Gasteiger partial charge in [-0.15, -0.1) is 0 Å². The van der Waals surface area contributed by atoms with E-state index in [9.17, 15) is 4.79 Å². The fourth-order valence-electron chi connectivity index (χ4n) is 2.57. The van der Waals surface area contributed by atoms with E-state index < -0.39 is 0 Å². The Hall–Kier alpha value is -1.29. The molecule has 0 atom stereocenters. The maximum atomic E-state index is 11.9. The number of hydrogen-bond acceptors (Lipinski definition) is 3. The zero-order valence-corrected chi connectivity index (χ0v) is 9.29. The van der Waals surface area contributed by atoms with Gasteiger partial charge in [-0.3, -0.25) is 4.79 Å². The van der Waals surface area contributed by atoms with E-state index in [2.05, 4.69) is 9.88 Å². The maximum Gasteiger partial charge on any atom is 0.166 e. The predicted molar refractivity (Wildman–Crippen MR) is 61.1 cm³/mol. The number of morpholine rings is 1. The van der Waals surface area contributed by atoms with Crippen molar-refractivity contribution in [1.82, 2.24) is 4.98 Å². The normalized spacial score (nSPS) is 21.0. The molecule has 1 aromatic heterocycles. The summed E-state index contributed by atoms with van der Waals surface area (Å²) in [7, 11) is 0. The van der Waals surface area contributed by atoms with E-state index in [1.807, 2.05) is 6.20 Å². The van der Waals surface area contributed by atoms with Crippen molar-refractivity contribution in [1.29, 1.82) is 0 Å². The molecule has 86 valence electrons. The maximum absolute atomic E-state index is 11.9. The zero-order chi connectivity index (χ0) is 11.0. The Morgan fingerprint density at radius 2 is 2.06 bits per heavy atom. The summed E-state index contributed by atoms with van der Waals surface area (Å²) in [5, 5.41) is 0. The van der Waals surface area contributed by atoms with Gasteiger partial charge in [0.15, 0.2) is 5.78 Å². The highest BCUT2D eigenvalue weighted by molar-refractivity contribution is 6.03. The van der Waals surface area contributed by atoms with E-state index >= 15 is 0 Å². The number of carbonyl (C=O) groups is 1. The van der Waals surface area contributed by atoms with Gasteiger partial charge < -0.3 is 14.6 Å². The van der Waals surface area contributed by atoms with E-state index in [0.29, 0.717) is 12.2 Å². The molecule has 4 heteroatoms. The Labute approximate surface area is 94.6 Å². The van der Waals surface area contributed by atoms with Crippen LogP contribution in [0.25, 0.3) is 0 Å². The van der Waals surface area contributed by atoms with E-state index in [-0.39, 0.29) is 0 Å². The molecule has 16 heavy (non-hydrogen) atoms. The lowest BCUT2D eigenvalue weighted by Crippen LogP contribution is -2.37. The lowest BCUT2D eigenvalue weighted by molar-refractivity contribution is 0.0971. The fraction of sp³-hybridized carbons (Fsp3) is 0.583. The number of ketones is 1. The number of hydrogen-bond donors (Lipinski definition) is 1. The molecule has 4 nitrogen and oxygen atoms in total. The summed E-state index contributed by atoms with van der Waals surface area (Å²) < 4.78 is 5.33. The summed E-state index contributed by atoms with van der Waals surface area (Å²) in [5.41, 5.74) is 3.15. The number of aryl methyl sites for hydroxylation is 1. The number of carbonyl (C=O) groups excluding carboxylic acids is 1. The number of nitrogens with zero attached hydrogens (tertiary/aromatic N) is 1. The molecule has 0 radical (unpaired) electrons. The Morgan fingerprint density at radius 1 is 1.25 bits per heavy atom. The summed E-state index contributed by atoms with van der Waals surface area (Å²) in [5.74, 6) is 0.295. The topological polar surface area (TPSA) is 45.3 Å². The number of ether oxygens (including phenoxy) is 1. The van der Waals surface area contributed by atoms with E-state index in [4.69, 9.17) is 4.74 Å². The molecule has 0 unspecified atom stereocenters. The molecule has 1 aliphatic heterocycles. The molecule has 0 saturated carbocycles. The van der Waals surface area contributed by atoms with Gasteiger partial charge in [0.1, 0.15) is 0 Å². The summed E-state index contributed by atoms with van der Waals surface area (Å²) in [4.78, 5) is 17.4. The molecular formula is C12H16N2O2. The molecule has 1 N–H and O–H groups in total. The summed E-state index contributed by atoms with van der Waals surface area (Å²) in [6.45, 7) is 3.29. The molecule has 0 aromatic carbocycles. The third-order valence-electron chi connectivity index (χ3n) is 3.40. The van der Waals surface area contributed by atoms with E-state index in [1.54, 1.807) is 0 Å². The predicted octanol–water partition coefficient (Wildman–Crippen LogP) is 1.37. The second kappa shape index (κ2) is 3.94. The van der Waals surface area contributed by atoms with Gasteiger partial charge in [-0.25, -0.2) is 0 Å². The molecule has 0 bridgehead atoms. The molecule has 0 amide bonds. The number of Topliss-reactive ketones (excluding diaryl/α,β-unsaturated/α-hetero) is 1. The summed E-state index contributed by atoms with van der Waals surface area (Å²) in [6, 6.07) is 0. The Balaban J connectivity index is 1.95. The minimum Gasteiger partial charge on any atom is -0.378 e. The van der Waals surface area contributed by atoms with Crippen molar-refractivity contribution < 1.29 is 9.53 Å². The first-order chi connectivity index (χ1) is 7.86. The van der Waals surface area contributed by atoms with E-state index in [0.717, 1.165) is 56.1 Å². The van der Waals surface area contributed by atoms with Gasteiger partial charge in [0.05, 0.1) is 24.5 Å². The molecular weight excluding hydrogens is 204 g/mol. The minimum atomic E-state index is 0.295. The molecule has 1 saturated heterocycles. The van der Waals surface area contributed by atoms with Crippen LogP contribution in [0.1, 0.15) is 28.9 Å². The average Bonchev–Trinajstić information content (AvgIpc) is 2.75. The number of aromatic amines is 1. The third kappa shape index (κ3) is 1.53. The van der Waals surface area contributed by atoms with Crippen LogP contribution in [-0.4, -0.2) is 37.1 Å². The first-order valence-corrected chi connectivity index (χ1v) is 5.92. The first-order valence-electron chi connectivity index (χ1n) is 5.92. The summed E-state index contributed by atoms with van der Waals surface area (Å²) in [6.07, 6.45) is 4.67. The molecule has 2 aliphatic rings. The number of nitrogens with one attached hydrogen (secondary N) is 1. The van der Waals surface area contributed by atoms with Gasteiger partial charge in [-0.1, -0.05) is 0 Å². The Bertz CT molecular complexity index is 405. The summed E-state index contributed by atoms with van der Waals surface area (Å²) >= 11 is 0. The lowest BCUT2D eigenvalue weighted by Gasteiger charge is -2.29. The highest BCUT2D eigenvalue weighted by atomic mass is 16.5. The molecule has 0 spiro atoms. The monoisotopic (exact) mass is 220 g/mol. The van der Waals surface area contributed by atoms with Crippen LogP contribution in [-0.2, 0) is 11.2 Å². The lowest BCUT2D eigenvalue weighted by atomic mass is 9.95. The highest BCUT2D eigenvalue weighted by Gasteiger charge is 2.25. The standard InChI is InChI=1S/C12H16N2O2/c15-11-3-1-2-9-12(11)10(8-13-9)14-4-6-16-7-5-14/h8,13H,1-7H2. The largest absolute Gasteiger partial charge is 0.378 e. The van der Waals surface area contributed by atoms with Crippen molar-refractivity contribution in [2.75, 3.05) is 31.2 Å². The van der Waals surface area contributed by atoms with Gasteiger partial charge in [0.25, 0.3) is 0 Å². The van der Waals surface area contributed by atoms with Crippen LogP contribution in [0, 0.1) is 0 Å². The average molecular weight is 220 g/mol. The van der Waals surface area contributed by atoms with Crippen LogP contribution < -0.4 is 4.90 Å². The second-order valence-corrected chi connectivity index (χ2v) is 4.40. The Kier molecular flexibility index (Phi) is 2.44. The number of aromatic nitrogens is 1. The van der Waals surface area contributed by atoms with Crippen molar-refractivity contribution in [3.63, 3.8) is 0 Å². The Morgan fingerprint density at radius 3 is 2.88 bits per heavy atom. The van der Waals surface area contributed by atoms with Crippen molar-refractivity contribution in [3.05, 3.63) is 17.5 Å². The number of anilines is 1. The zero-order valence-electron chi connectivity index (χ0n) is 9.29. The molecule has 3 rings (SSSR count). The van der Waals surface area contributed by atoms with Crippen molar-refractivity contribution in [2.24, 2.45) is 0 Å². The quantitative estimate of drug-likeness (QED) is 0.777. The van der Waals surface area contributed by atoms with Crippen LogP contribution >= 0.6 is 0 Å². The molecule has 1 aliphatic carbocycles. The van der Waals surface area contributed by atoms with E-state index in [1.165, 1.54) is 0 Å². The number of fused-ring (bicyclic) bond motifs is 1. The van der Waals surface area contributed by atoms with Crippen LogP contribution in [0.5, 0.6) is 0 Å². The fourth-order valence-corrected chi connectivity index (χ4v) is 2.57. The van der Waals surface area contributed by atoms with Gasteiger partial charge >= 0.3 is 0 Å². The second-order valence-electron chi connectivity index (χ2n) is 4.40. The number of H-pyrrole nitrogens is 1. The molecule has 2 heterocycles. The van der Waals surface area contributed by atoms with Gasteiger partial charge in [-0.2, -0.15) is 0 Å². The van der Waals surface area contributed by atoms with Crippen LogP contribution in [0.3, 0.4) is 0 Å². The van der Waals surface area contributed by atoms with Gasteiger partial charge in [0, 0.05) is 31.4 Å². The SMILES string of the molecule is O=C1CCCc2[nH]cc(N3CCOCC3)c21. The number of rotatable bonds is 1. The third-order valence-corrected chi connectivity index (χ3v) is 3.40. The molecule has 1 aromatic rings. The van der Waals surface area contributed by atoms with Crippen LogP contribution in [0.15, 0.2) is 6.20 Å². The van der Waals surface area contributed by atoms with Crippen LogP contribution in [0.2, 0.25) is 0 Å². The minimum absolute atomic E-state index is 0.295. The molecule has 1 fully saturated rings. The van der Waals surface area contributed by atoms with Gasteiger partial charge in [-0.05, 0) is 12.8 Å². The van der Waals surface area contributed by atoms with Crippen molar-refractivity contribution in [2.45, 2.75) is 19.3 Å². The van der Waals surface area contributed by atoms with Gasteiger partial charge in [0.2, 0.25) is 0 Å². The smallest absolute Gasteiger partial charge is 0.166 e. The first kappa shape index (κ1) is 9.90. The highest BCUT2D eigenvalue weighted by Crippen LogP contribution is 2.30.